The van der Waals surface area contributed by atoms with Gasteiger partial charge < -0.3 is 10.3 Å². The summed E-state index contributed by atoms with van der Waals surface area (Å²) in [4.78, 5) is 24.5. The molecule has 0 spiro atoms. The molecule has 80 valence electrons. The van der Waals surface area contributed by atoms with Gasteiger partial charge in [-0.2, -0.15) is 4.98 Å². The molecule has 0 saturated carbocycles. The molecular formula is C9H13N5O. The van der Waals surface area contributed by atoms with E-state index < -0.39 is 0 Å². The van der Waals surface area contributed by atoms with Gasteiger partial charge in [0, 0.05) is 6.54 Å². The highest BCUT2D eigenvalue weighted by atomic mass is 16.1. The third-order valence-electron chi connectivity index (χ3n) is 2.14. The van der Waals surface area contributed by atoms with Crippen molar-refractivity contribution in [1.29, 1.82) is 0 Å². The van der Waals surface area contributed by atoms with Crippen LogP contribution >= 0.6 is 0 Å². The first-order valence-corrected chi connectivity index (χ1v) is 4.98. The number of nitrogens with one attached hydrogen (secondary N) is 3. The van der Waals surface area contributed by atoms with Crippen molar-refractivity contribution in [2.75, 3.05) is 11.9 Å². The number of hydrogen-bond donors (Lipinski definition) is 3. The third kappa shape index (κ3) is 1.98. The number of imidazole rings is 1. The fourth-order valence-corrected chi connectivity index (χ4v) is 1.37. The lowest BCUT2D eigenvalue weighted by atomic mass is 10.3. The van der Waals surface area contributed by atoms with Crippen molar-refractivity contribution in [3.63, 3.8) is 0 Å². The first-order chi connectivity index (χ1) is 7.31. The lowest BCUT2D eigenvalue weighted by Gasteiger charge is -2.03. The van der Waals surface area contributed by atoms with Crippen molar-refractivity contribution < 1.29 is 0 Å². The summed E-state index contributed by atoms with van der Waals surface area (Å²) < 4.78 is 0. The predicted octanol–water partition coefficient (Wildman–Crippen LogP) is 0.858. The van der Waals surface area contributed by atoms with E-state index in [0.29, 0.717) is 11.5 Å². The van der Waals surface area contributed by atoms with Crippen LogP contribution in [0.3, 0.4) is 0 Å². The SMILES string of the molecule is CCCCNc1nc(=O)[nH]c2nc[nH]c12. The number of fused-ring (bicyclic) bond motifs is 1. The molecule has 0 bridgehead atoms. The van der Waals surface area contributed by atoms with E-state index in [4.69, 9.17) is 0 Å². The molecule has 2 rings (SSSR count). The Hall–Kier alpha value is -1.85. The van der Waals surface area contributed by atoms with E-state index in [-0.39, 0.29) is 5.69 Å². The third-order valence-corrected chi connectivity index (χ3v) is 2.14. The molecule has 0 amide bonds. The Morgan fingerprint density at radius 1 is 1.53 bits per heavy atom. The average molecular weight is 207 g/mol. The molecule has 0 aliphatic rings. The minimum Gasteiger partial charge on any atom is -0.368 e. The first kappa shape index (κ1) is 9.70. The van der Waals surface area contributed by atoms with Gasteiger partial charge in [-0.1, -0.05) is 13.3 Å². The Morgan fingerprint density at radius 2 is 2.40 bits per heavy atom. The standard InChI is InChI=1S/C9H13N5O/c1-2-3-4-10-7-6-8(12-5-11-6)14-9(15)13-7/h5H,2-4H2,1H3,(H3,10,11,12,13,14,15). The van der Waals surface area contributed by atoms with Crippen molar-refractivity contribution in [3.8, 4) is 0 Å². The summed E-state index contributed by atoms with van der Waals surface area (Å²) >= 11 is 0. The molecule has 0 saturated heterocycles. The maximum absolute atomic E-state index is 11.2. The van der Waals surface area contributed by atoms with Crippen molar-refractivity contribution in [2.24, 2.45) is 0 Å². The second-order valence-corrected chi connectivity index (χ2v) is 3.30. The molecule has 2 aromatic heterocycles. The molecule has 0 aliphatic carbocycles. The predicted molar refractivity (Wildman–Crippen MR) is 57.9 cm³/mol. The van der Waals surface area contributed by atoms with E-state index >= 15 is 0 Å². The molecule has 2 aromatic rings. The number of nitrogens with zero attached hydrogens (tertiary/aromatic N) is 2. The Bertz CT molecular complexity index is 500. The summed E-state index contributed by atoms with van der Waals surface area (Å²) in [5.41, 5.74) is 0.897. The van der Waals surface area contributed by atoms with Crippen LogP contribution in [0, 0.1) is 0 Å². The van der Waals surface area contributed by atoms with E-state index in [2.05, 4.69) is 32.2 Å². The summed E-state index contributed by atoms with van der Waals surface area (Å²) in [7, 11) is 0. The molecule has 6 nitrogen and oxygen atoms in total. The molecule has 2 heterocycles. The molecular weight excluding hydrogens is 194 g/mol. The zero-order chi connectivity index (χ0) is 10.7. The van der Waals surface area contributed by atoms with Crippen LogP contribution in [0.25, 0.3) is 11.2 Å². The van der Waals surface area contributed by atoms with E-state index in [1.165, 1.54) is 6.33 Å². The van der Waals surface area contributed by atoms with Gasteiger partial charge in [0.25, 0.3) is 0 Å². The number of H-pyrrole nitrogens is 2. The second-order valence-electron chi connectivity index (χ2n) is 3.30. The highest BCUT2D eigenvalue weighted by Crippen LogP contribution is 2.12. The molecule has 6 heteroatoms. The fourth-order valence-electron chi connectivity index (χ4n) is 1.37. The van der Waals surface area contributed by atoms with Crippen LogP contribution in [-0.4, -0.2) is 26.5 Å². The Balaban J connectivity index is 2.32. The number of anilines is 1. The van der Waals surface area contributed by atoms with Gasteiger partial charge in [-0.05, 0) is 6.42 Å². The number of rotatable bonds is 4. The summed E-state index contributed by atoms with van der Waals surface area (Å²) in [6.07, 6.45) is 3.68. The van der Waals surface area contributed by atoms with Gasteiger partial charge in [0.1, 0.15) is 5.52 Å². The number of aromatic amines is 2. The molecule has 15 heavy (non-hydrogen) atoms. The van der Waals surface area contributed by atoms with Gasteiger partial charge in [0.2, 0.25) is 0 Å². The van der Waals surface area contributed by atoms with Crippen LogP contribution in [0.4, 0.5) is 5.82 Å². The number of unbranched alkanes of at least 4 members (excludes halogenated alkanes) is 1. The van der Waals surface area contributed by atoms with Gasteiger partial charge >= 0.3 is 5.69 Å². The van der Waals surface area contributed by atoms with Gasteiger partial charge in [0.05, 0.1) is 6.33 Å². The van der Waals surface area contributed by atoms with E-state index in [1.54, 1.807) is 0 Å². The van der Waals surface area contributed by atoms with E-state index in [9.17, 15) is 4.79 Å². The largest absolute Gasteiger partial charge is 0.368 e. The van der Waals surface area contributed by atoms with Crippen LogP contribution < -0.4 is 11.0 Å². The maximum Gasteiger partial charge on any atom is 0.348 e. The zero-order valence-electron chi connectivity index (χ0n) is 8.50. The number of hydrogen-bond acceptors (Lipinski definition) is 4. The van der Waals surface area contributed by atoms with Gasteiger partial charge in [0.15, 0.2) is 11.5 Å². The van der Waals surface area contributed by atoms with Gasteiger partial charge in [-0.3, -0.25) is 4.98 Å². The van der Waals surface area contributed by atoms with Crippen LogP contribution in [0.5, 0.6) is 0 Å². The van der Waals surface area contributed by atoms with Crippen molar-refractivity contribution in [3.05, 3.63) is 16.8 Å². The molecule has 0 radical (unpaired) electrons. The maximum atomic E-state index is 11.2. The lowest BCUT2D eigenvalue weighted by molar-refractivity contribution is 0.830. The Morgan fingerprint density at radius 3 is 3.20 bits per heavy atom. The van der Waals surface area contributed by atoms with Crippen molar-refractivity contribution in [1.82, 2.24) is 19.9 Å². The first-order valence-electron chi connectivity index (χ1n) is 4.98. The minimum absolute atomic E-state index is 0.381. The average Bonchev–Trinajstić information content (AvgIpc) is 2.65. The minimum atomic E-state index is -0.381. The highest BCUT2D eigenvalue weighted by Gasteiger charge is 2.05. The summed E-state index contributed by atoms with van der Waals surface area (Å²) in [6, 6.07) is 0. The van der Waals surface area contributed by atoms with Crippen LogP contribution in [0.1, 0.15) is 19.8 Å². The van der Waals surface area contributed by atoms with E-state index in [0.717, 1.165) is 24.9 Å². The summed E-state index contributed by atoms with van der Waals surface area (Å²) in [5, 5.41) is 3.11. The molecule has 0 aliphatic heterocycles. The zero-order valence-corrected chi connectivity index (χ0v) is 8.50. The quantitative estimate of drug-likeness (QED) is 0.649. The number of aromatic nitrogens is 4. The smallest absolute Gasteiger partial charge is 0.348 e. The monoisotopic (exact) mass is 207 g/mol. The Kier molecular flexibility index (Phi) is 2.66. The molecule has 0 aromatic carbocycles. The van der Waals surface area contributed by atoms with Crippen molar-refractivity contribution >= 4 is 17.0 Å². The summed E-state index contributed by atoms with van der Waals surface area (Å²) in [5.74, 6) is 0.569. The van der Waals surface area contributed by atoms with E-state index in [1.807, 2.05) is 0 Å². The second kappa shape index (κ2) is 4.12. The molecule has 0 unspecified atom stereocenters. The van der Waals surface area contributed by atoms with Crippen molar-refractivity contribution in [2.45, 2.75) is 19.8 Å². The normalized spacial score (nSPS) is 10.7. The van der Waals surface area contributed by atoms with Crippen LogP contribution in [0.2, 0.25) is 0 Å². The topological polar surface area (TPSA) is 86.5 Å². The lowest BCUT2D eigenvalue weighted by Crippen LogP contribution is -2.14. The van der Waals surface area contributed by atoms with Gasteiger partial charge in [-0.25, -0.2) is 9.78 Å². The summed E-state index contributed by atoms with van der Waals surface area (Å²) in [6.45, 7) is 2.92. The fraction of sp³-hybridized carbons (Fsp3) is 0.444. The molecule has 3 N–H and O–H groups in total. The molecule has 0 atom stereocenters. The molecule has 0 fully saturated rings. The van der Waals surface area contributed by atoms with Crippen LogP contribution in [-0.2, 0) is 0 Å². The Labute approximate surface area is 86.2 Å². The van der Waals surface area contributed by atoms with Gasteiger partial charge in [-0.15, -0.1) is 0 Å². The highest BCUT2D eigenvalue weighted by molar-refractivity contribution is 5.81. The van der Waals surface area contributed by atoms with Crippen LogP contribution in [0.15, 0.2) is 11.1 Å².